The maximum absolute atomic E-state index is 9.09. The van der Waals surface area contributed by atoms with Crippen molar-refractivity contribution in [2.24, 2.45) is 0 Å². The van der Waals surface area contributed by atoms with Crippen LogP contribution in [0.3, 0.4) is 0 Å². The smallest absolute Gasteiger partial charge is 0.0682 e. The first-order valence-corrected chi connectivity index (χ1v) is 6.80. The zero-order chi connectivity index (χ0) is 13.1. The lowest BCUT2D eigenvalue weighted by atomic mass is 10.0. The second-order valence-corrected chi connectivity index (χ2v) is 5.50. The summed E-state index contributed by atoms with van der Waals surface area (Å²) in [6.45, 7) is 2.32. The van der Waals surface area contributed by atoms with E-state index in [-0.39, 0.29) is 6.61 Å². The molecule has 1 aromatic rings. The van der Waals surface area contributed by atoms with Crippen molar-refractivity contribution in [3.63, 3.8) is 0 Å². The molecule has 0 saturated carbocycles. The van der Waals surface area contributed by atoms with Crippen molar-refractivity contribution in [3.8, 4) is 0 Å². The SMILES string of the molecule is CN1CCC(N(C)c2ccc(CO)cc2Cl)CC1. The Morgan fingerprint density at radius 3 is 2.61 bits per heavy atom. The number of halogens is 1. The maximum atomic E-state index is 9.09. The molecule has 4 heteroatoms. The molecule has 1 aliphatic heterocycles. The van der Waals surface area contributed by atoms with Crippen molar-refractivity contribution in [3.05, 3.63) is 28.8 Å². The second-order valence-electron chi connectivity index (χ2n) is 5.09. The first-order valence-electron chi connectivity index (χ1n) is 6.42. The van der Waals surface area contributed by atoms with Gasteiger partial charge in [0.05, 0.1) is 17.3 Å². The van der Waals surface area contributed by atoms with Crippen LogP contribution in [0, 0.1) is 0 Å². The number of likely N-dealkylation sites (tertiary alicyclic amines) is 1. The van der Waals surface area contributed by atoms with E-state index in [0.29, 0.717) is 6.04 Å². The van der Waals surface area contributed by atoms with Crippen molar-refractivity contribution in [2.45, 2.75) is 25.5 Å². The molecule has 1 N–H and O–H groups in total. The van der Waals surface area contributed by atoms with Gasteiger partial charge < -0.3 is 14.9 Å². The molecule has 0 atom stereocenters. The van der Waals surface area contributed by atoms with Gasteiger partial charge in [-0.05, 0) is 50.7 Å². The fraction of sp³-hybridized carbons (Fsp3) is 0.571. The average Bonchev–Trinajstić information content (AvgIpc) is 2.38. The van der Waals surface area contributed by atoms with Crippen LogP contribution in [0.5, 0.6) is 0 Å². The van der Waals surface area contributed by atoms with E-state index in [1.165, 1.54) is 12.8 Å². The lowest BCUT2D eigenvalue weighted by Gasteiger charge is -2.36. The summed E-state index contributed by atoms with van der Waals surface area (Å²) >= 11 is 6.29. The molecule has 1 aliphatic rings. The quantitative estimate of drug-likeness (QED) is 0.912. The van der Waals surface area contributed by atoms with Crippen LogP contribution in [0.1, 0.15) is 18.4 Å². The predicted octanol–water partition coefficient (Wildman–Crippen LogP) is 2.36. The Labute approximate surface area is 114 Å². The largest absolute Gasteiger partial charge is 0.392 e. The van der Waals surface area contributed by atoms with Crippen LogP contribution in [0.4, 0.5) is 5.69 Å². The maximum Gasteiger partial charge on any atom is 0.0682 e. The first-order chi connectivity index (χ1) is 8.61. The van der Waals surface area contributed by atoms with Gasteiger partial charge in [0, 0.05) is 13.1 Å². The van der Waals surface area contributed by atoms with Gasteiger partial charge in [-0.15, -0.1) is 0 Å². The molecule has 1 aromatic carbocycles. The summed E-state index contributed by atoms with van der Waals surface area (Å²) in [7, 11) is 4.27. The Balaban J connectivity index is 2.11. The topological polar surface area (TPSA) is 26.7 Å². The van der Waals surface area contributed by atoms with Gasteiger partial charge >= 0.3 is 0 Å². The Morgan fingerprint density at radius 1 is 1.39 bits per heavy atom. The van der Waals surface area contributed by atoms with Crippen LogP contribution in [0.15, 0.2) is 18.2 Å². The van der Waals surface area contributed by atoms with E-state index < -0.39 is 0 Å². The van der Waals surface area contributed by atoms with Crippen molar-refractivity contribution < 1.29 is 5.11 Å². The highest BCUT2D eigenvalue weighted by Gasteiger charge is 2.22. The number of hydrogen-bond donors (Lipinski definition) is 1. The summed E-state index contributed by atoms with van der Waals surface area (Å²) in [5.74, 6) is 0. The minimum absolute atomic E-state index is 0.0396. The molecule has 3 nitrogen and oxygen atoms in total. The summed E-state index contributed by atoms with van der Waals surface area (Å²) in [6, 6.07) is 6.35. The summed E-state index contributed by atoms with van der Waals surface area (Å²) in [4.78, 5) is 4.64. The molecule has 1 saturated heterocycles. The molecule has 0 radical (unpaired) electrons. The summed E-state index contributed by atoms with van der Waals surface area (Å²) in [5, 5.41) is 9.82. The minimum Gasteiger partial charge on any atom is -0.392 e. The lowest BCUT2D eigenvalue weighted by Crippen LogP contribution is -2.42. The molecule has 1 fully saturated rings. The number of nitrogens with zero attached hydrogens (tertiary/aromatic N) is 2. The number of aliphatic hydroxyl groups excluding tert-OH is 1. The zero-order valence-corrected chi connectivity index (χ0v) is 11.8. The van der Waals surface area contributed by atoms with Crippen molar-refractivity contribution in [1.82, 2.24) is 4.90 Å². The molecular formula is C14H21ClN2O. The van der Waals surface area contributed by atoms with E-state index in [2.05, 4.69) is 23.9 Å². The van der Waals surface area contributed by atoms with Crippen LogP contribution < -0.4 is 4.90 Å². The molecule has 0 spiro atoms. The fourth-order valence-corrected chi connectivity index (χ4v) is 2.85. The Hall–Kier alpha value is -0.770. The van der Waals surface area contributed by atoms with E-state index >= 15 is 0 Å². The second kappa shape index (κ2) is 5.91. The highest BCUT2D eigenvalue weighted by atomic mass is 35.5. The van der Waals surface area contributed by atoms with Crippen LogP contribution in [-0.4, -0.2) is 43.2 Å². The number of anilines is 1. The van der Waals surface area contributed by atoms with Gasteiger partial charge in [-0.3, -0.25) is 0 Å². The Morgan fingerprint density at radius 2 is 2.06 bits per heavy atom. The molecule has 0 aliphatic carbocycles. The van der Waals surface area contributed by atoms with Gasteiger partial charge in [0.2, 0.25) is 0 Å². The van der Waals surface area contributed by atoms with Crippen LogP contribution in [0.25, 0.3) is 0 Å². The minimum atomic E-state index is 0.0396. The number of hydrogen-bond acceptors (Lipinski definition) is 3. The monoisotopic (exact) mass is 268 g/mol. The number of rotatable bonds is 3. The van der Waals surface area contributed by atoms with Gasteiger partial charge in [0.25, 0.3) is 0 Å². The van der Waals surface area contributed by atoms with Crippen LogP contribution in [-0.2, 0) is 6.61 Å². The third-order valence-corrected chi connectivity index (χ3v) is 4.11. The van der Waals surface area contributed by atoms with Gasteiger partial charge in [-0.1, -0.05) is 17.7 Å². The number of aliphatic hydroxyl groups is 1. The third-order valence-electron chi connectivity index (χ3n) is 3.81. The molecule has 18 heavy (non-hydrogen) atoms. The molecule has 0 bridgehead atoms. The standard InChI is InChI=1S/C14H21ClN2O/c1-16-7-5-12(6-8-16)17(2)14-4-3-11(10-18)9-13(14)15/h3-4,9,12,18H,5-8,10H2,1-2H3. The highest BCUT2D eigenvalue weighted by Crippen LogP contribution is 2.29. The Kier molecular flexibility index (Phi) is 4.49. The molecular weight excluding hydrogens is 248 g/mol. The van der Waals surface area contributed by atoms with Gasteiger partial charge in [-0.2, -0.15) is 0 Å². The highest BCUT2D eigenvalue weighted by molar-refractivity contribution is 6.33. The van der Waals surface area contributed by atoms with Crippen LogP contribution in [0.2, 0.25) is 5.02 Å². The molecule has 1 heterocycles. The Bertz CT molecular complexity index is 403. The number of benzene rings is 1. The lowest BCUT2D eigenvalue weighted by molar-refractivity contribution is 0.253. The van der Waals surface area contributed by atoms with E-state index in [1.807, 2.05) is 18.2 Å². The van der Waals surface area contributed by atoms with Crippen molar-refractivity contribution >= 4 is 17.3 Å². The van der Waals surface area contributed by atoms with E-state index in [9.17, 15) is 0 Å². The van der Waals surface area contributed by atoms with Gasteiger partial charge in [0.1, 0.15) is 0 Å². The van der Waals surface area contributed by atoms with Gasteiger partial charge in [-0.25, -0.2) is 0 Å². The first kappa shape index (κ1) is 13.7. The molecule has 0 unspecified atom stereocenters. The van der Waals surface area contributed by atoms with E-state index in [4.69, 9.17) is 16.7 Å². The van der Waals surface area contributed by atoms with Crippen molar-refractivity contribution in [1.29, 1.82) is 0 Å². The fourth-order valence-electron chi connectivity index (χ4n) is 2.51. The molecule has 2 rings (SSSR count). The number of piperidine rings is 1. The van der Waals surface area contributed by atoms with E-state index in [0.717, 1.165) is 29.4 Å². The van der Waals surface area contributed by atoms with Gasteiger partial charge in [0.15, 0.2) is 0 Å². The summed E-state index contributed by atoms with van der Waals surface area (Å²) in [5.41, 5.74) is 1.92. The molecule has 0 amide bonds. The summed E-state index contributed by atoms with van der Waals surface area (Å²) < 4.78 is 0. The average molecular weight is 269 g/mol. The van der Waals surface area contributed by atoms with E-state index in [1.54, 1.807) is 0 Å². The predicted molar refractivity (Wildman–Crippen MR) is 76.3 cm³/mol. The molecule has 0 aromatic heterocycles. The zero-order valence-electron chi connectivity index (χ0n) is 11.1. The van der Waals surface area contributed by atoms with Crippen molar-refractivity contribution in [2.75, 3.05) is 32.1 Å². The summed E-state index contributed by atoms with van der Waals surface area (Å²) in [6.07, 6.45) is 2.34. The normalized spacial score (nSPS) is 18.0. The third kappa shape index (κ3) is 2.97. The molecule has 100 valence electrons. The van der Waals surface area contributed by atoms with Crippen LogP contribution >= 0.6 is 11.6 Å².